The summed E-state index contributed by atoms with van der Waals surface area (Å²) in [5, 5.41) is 14.5. The summed E-state index contributed by atoms with van der Waals surface area (Å²) in [7, 11) is 0. The molecule has 1 rings (SSSR count). The van der Waals surface area contributed by atoms with E-state index in [9.17, 15) is 14.7 Å². The van der Waals surface area contributed by atoms with E-state index < -0.39 is 11.5 Å². The molecule has 1 aliphatic rings. The number of rotatable bonds is 8. The summed E-state index contributed by atoms with van der Waals surface area (Å²) in [6.07, 6.45) is 2.64. The van der Waals surface area contributed by atoms with Crippen molar-refractivity contribution >= 4 is 23.8 Å². The Bertz CT molecular complexity index is 308. The number of urea groups is 1. The molecular weight excluding hydrogens is 252 g/mol. The number of amides is 2. The van der Waals surface area contributed by atoms with Crippen LogP contribution in [0.15, 0.2) is 0 Å². The fourth-order valence-electron chi connectivity index (χ4n) is 1.79. The van der Waals surface area contributed by atoms with E-state index in [4.69, 9.17) is 0 Å². The second kappa shape index (κ2) is 6.87. The van der Waals surface area contributed by atoms with Gasteiger partial charge in [0, 0.05) is 6.54 Å². The third-order valence-corrected chi connectivity index (χ3v) is 4.15. The molecule has 0 radical (unpaired) electrons. The summed E-state index contributed by atoms with van der Waals surface area (Å²) in [4.78, 5) is 22.8. The molecule has 5 nitrogen and oxygen atoms in total. The lowest BCUT2D eigenvalue weighted by atomic mass is 9.96. The first-order chi connectivity index (χ1) is 8.50. The molecule has 0 aromatic carbocycles. The Morgan fingerprint density at radius 3 is 2.61 bits per heavy atom. The summed E-state index contributed by atoms with van der Waals surface area (Å²) in [5.74, 6) is 1.19. The topological polar surface area (TPSA) is 78.4 Å². The molecule has 18 heavy (non-hydrogen) atoms. The van der Waals surface area contributed by atoms with Crippen molar-refractivity contribution in [1.82, 2.24) is 10.6 Å². The van der Waals surface area contributed by atoms with Gasteiger partial charge in [0.15, 0.2) is 0 Å². The molecule has 1 fully saturated rings. The third-order valence-electron chi connectivity index (χ3n) is 3.17. The van der Waals surface area contributed by atoms with Gasteiger partial charge in [-0.1, -0.05) is 6.92 Å². The molecule has 1 unspecified atom stereocenters. The largest absolute Gasteiger partial charge is 0.480 e. The number of thioether (sulfide) groups is 1. The van der Waals surface area contributed by atoms with Gasteiger partial charge in [0.25, 0.3) is 0 Å². The summed E-state index contributed by atoms with van der Waals surface area (Å²) in [6, 6.07) is -0.381. The predicted octanol–water partition coefficient (Wildman–Crippen LogP) is 1.68. The molecule has 0 saturated heterocycles. The Kier molecular flexibility index (Phi) is 5.78. The fourth-order valence-corrected chi connectivity index (χ4v) is 2.43. The lowest BCUT2D eigenvalue weighted by molar-refractivity contribution is -0.144. The standard InChI is InChI=1S/C12H22N2O3S/c1-3-18-8-4-7-13-11(17)14-12(2,10(15)16)9-5-6-9/h9H,3-8H2,1-2H3,(H,15,16)(H2,13,14,17). The monoisotopic (exact) mass is 274 g/mol. The molecule has 3 N–H and O–H groups in total. The van der Waals surface area contributed by atoms with Crippen LogP contribution in [0, 0.1) is 5.92 Å². The third kappa shape index (κ3) is 4.40. The average Bonchev–Trinajstić information content (AvgIpc) is 3.12. The molecular formula is C12H22N2O3S. The van der Waals surface area contributed by atoms with E-state index in [-0.39, 0.29) is 11.9 Å². The highest BCUT2D eigenvalue weighted by Gasteiger charge is 2.48. The maximum Gasteiger partial charge on any atom is 0.329 e. The number of hydrogen-bond acceptors (Lipinski definition) is 3. The number of hydrogen-bond donors (Lipinski definition) is 3. The van der Waals surface area contributed by atoms with Gasteiger partial charge in [0.2, 0.25) is 0 Å². The van der Waals surface area contributed by atoms with Crippen LogP contribution in [-0.4, -0.2) is 40.7 Å². The summed E-state index contributed by atoms with van der Waals surface area (Å²) >= 11 is 1.83. The van der Waals surface area contributed by atoms with Crippen LogP contribution in [-0.2, 0) is 4.79 Å². The summed E-state index contributed by atoms with van der Waals surface area (Å²) in [5.41, 5.74) is -1.12. The number of carboxylic acids is 1. The lowest BCUT2D eigenvalue weighted by Crippen LogP contribution is -2.56. The quantitative estimate of drug-likeness (QED) is 0.588. The molecule has 1 saturated carbocycles. The Balaban J connectivity index is 2.27. The maximum absolute atomic E-state index is 11.6. The first-order valence-corrected chi connectivity index (χ1v) is 7.53. The first kappa shape index (κ1) is 15.1. The number of carbonyl (C=O) groups is 2. The smallest absolute Gasteiger partial charge is 0.329 e. The van der Waals surface area contributed by atoms with Crippen LogP contribution in [0.5, 0.6) is 0 Å². The van der Waals surface area contributed by atoms with Crippen molar-refractivity contribution in [2.75, 3.05) is 18.1 Å². The molecule has 1 atom stereocenters. The van der Waals surface area contributed by atoms with E-state index in [0.717, 1.165) is 30.8 Å². The SMILES string of the molecule is CCSCCCNC(=O)NC(C)(C(=O)O)C1CC1. The maximum atomic E-state index is 11.6. The van der Waals surface area contributed by atoms with Gasteiger partial charge in [0.05, 0.1) is 0 Å². The molecule has 0 heterocycles. The number of carbonyl (C=O) groups excluding carboxylic acids is 1. The Labute approximate surface area is 112 Å². The van der Waals surface area contributed by atoms with Gasteiger partial charge >= 0.3 is 12.0 Å². The molecule has 6 heteroatoms. The average molecular weight is 274 g/mol. The Hall–Kier alpha value is -0.910. The van der Waals surface area contributed by atoms with Gasteiger partial charge in [-0.15, -0.1) is 0 Å². The van der Waals surface area contributed by atoms with Crippen molar-refractivity contribution in [3.05, 3.63) is 0 Å². The zero-order valence-electron chi connectivity index (χ0n) is 11.0. The Morgan fingerprint density at radius 1 is 1.44 bits per heavy atom. The van der Waals surface area contributed by atoms with Crippen molar-refractivity contribution in [1.29, 1.82) is 0 Å². The fraction of sp³-hybridized carbons (Fsp3) is 0.833. The van der Waals surface area contributed by atoms with Crippen LogP contribution >= 0.6 is 11.8 Å². The van der Waals surface area contributed by atoms with Crippen molar-refractivity contribution < 1.29 is 14.7 Å². The van der Waals surface area contributed by atoms with E-state index in [0.29, 0.717) is 6.54 Å². The van der Waals surface area contributed by atoms with Crippen LogP contribution in [0.1, 0.15) is 33.1 Å². The zero-order chi connectivity index (χ0) is 13.6. The van der Waals surface area contributed by atoms with Gasteiger partial charge < -0.3 is 15.7 Å². The minimum Gasteiger partial charge on any atom is -0.480 e. The second-order valence-electron chi connectivity index (χ2n) is 4.71. The number of carboxylic acid groups (broad SMARTS) is 1. The minimum atomic E-state index is -1.12. The van der Waals surface area contributed by atoms with Crippen molar-refractivity contribution in [2.24, 2.45) is 5.92 Å². The lowest BCUT2D eigenvalue weighted by Gasteiger charge is -2.26. The zero-order valence-corrected chi connectivity index (χ0v) is 11.8. The van der Waals surface area contributed by atoms with Crippen molar-refractivity contribution in [3.63, 3.8) is 0 Å². The first-order valence-electron chi connectivity index (χ1n) is 6.38. The molecule has 0 aliphatic heterocycles. The van der Waals surface area contributed by atoms with Gasteiger partial charge in [-0.3, -0.25) is 0 Å². The Morgan fingerprint density at radius 2 is 2.11 bits per heavy atom. The number of nitrogens with one attached hydrogen (secondary N) is 2. The minimum absolute atomic E-state index is 0.0661. The van der Waals surface area contributed by atoms with E-state index in [1.54, 1.807) is 6.92 Å². The van der Waals surface area contributed by atoms with Gasteiger partial charge in [0.1, 0.15) is 5.54 Å². The molecule has 104 valence electrons. The van der Waals surface area contributed by atoms with Gasteiger partial charge in [-0.25, -0.2) is 9.59 Å². The van der Waals surface area contributed by atoms with Crippen molar-refractivity contribution in [2.45, 2.75) is 38.6 Å². The molecule has 1 aliphatic carbocycles. The van der Waals surface area contributed by atoms with E-state index in [2.05, 4.69) is 17.6 Å². The molecule has 0 aromatic rings. The van der Waals surface area contributed by atoms with Crippen LogP contribution in [0.25, 0.3) is 0 Å². The number of aliphatic carboxylic acids is 1. The second-order valence-corrected chi connectivity index (χ2v) is 6.11. The molecule has 0 aromatic heterocycles. The highest BCUT2D eigenvalue weighted by Crippen LogP contribution is 2.39. The summed E-state index contributed by atoms with van der Waals surface area (Å²) < 4.78 is 0. The highest BCUT2D eigenvalue weighted by molar-refractivity contribution is 7.99. The predicted molar refractivity (Wildman–Crippen MR) is 72.9 cm³/mol. The molecule has 0 bridgehead atoms. The van der Waals surface area contributed by atoms with Crippen molar-refractivity contribution in [3.8, 4) is 0 Å². The van der Waals surface area contributed by atoms with E-state index in [1.807, 2.05) is 11.8 Å². The van der Waals surface area contributed by atoms with Crippen LogP contribution in [0.4, 0.5) is 4.79 Å². The van der Waals surface area contributed by atoms with E-state index >= 15 is 0 Å². The highest BCUT2D eigenvalue weighted by atomic mass is 32.2. The van der Waals surface area contributed by atoms with E-state index in [1.165, 1.54) is 0 Å². The molecule has 2 amide bonds. The normalized spacial score (nSPS) is 17.9. The van der Waals surface area contributed by atoms with Crippen LogP contribution < -0.4 is 10.6 Å². The molecule has 0 spiro atoms. The summed E-state index contributed by atoms with van der Waals surface area (Å²) in [6.45, 7) is 4.26. The van der Waals surface area contributed by atoms with Crippen LogP contribution in [0.3, 0.4) is 0 Å². The van der Waals surface area contributed by atoms with Crippen LogP contribution in [0.2, 0.25) is 0 Å². The van der Waals surface area contributed by atoms with Gasteiger partial charge in [-0.2, -0.15) is 11.8 Å². The van der Waals surface area contributed by atoms with Gasteiger partial charge in [-0.05, 0) is 43.6 Å².